The van der Waals surface area contributed by atoms with Crippen LogP contribution in [0.4, 0.5) is 0 Å². The van der Waals surface area contributed by atoms with Crippen molar-refractivity contribution in [1.82, 2.24) is 0 Å². The minimum Gasteiger partial charge on any atom is -0.392 e. The van der Waals surface area contributed by atoms with Gasteiger partial charge in [-0.2, -0.15) is 0 Å². The van der Waals surface area contributed by atoms with Crippen molar-refractivity contribution in [1.29, 1.82) is 0 Å². The predicted octanol–water partition coefficient (Wildman–Crippen LogP) is 4.08. The molecule has 2 heteroatoms. The molecule has 0 spiro atoms. The molecule has 0 heterocycles. The zero-order chi connectivity index (χ0) is 10.5. The second-order valence-electron chi connectivity index (χ2n) is 5.24. The van der Waals surface area contributed by atoms with Crippen LogP contribution in [0.1, 0.15) is 64.2 Å². The van der Waals surface area contributed by atoms with E-state index in [0.29, 0.717) is 6.35 Å². The number of rotatable bonds is 3. The Morgan fingerprint density at radius 3 is 1.47 bits per heavy atom. The third-order valence-corrected chi connectivity index (χ3v) is 7.49. The van der Waals surface area contributed by atoms with Gasteiger partial charge in [-0.05, 0) is 37.0 Å². The van der Waals surface area contributed by atoms with Gasteiger partial charge in [0.15, 0.2) is 0 Å². The molecule has 0 amide bonds. The summed E-state index contributed by atoms with van der Waals surface area (Å²) in [6, 6.07) is 0. The van der Waals surface area contributed by atoms with Crippen LogP contribution in [-0.4, -0.2) is 22.8 Å². The minimum atomic E-state index is -0.0392. The molecule has 0 radical (unpaired) electrons. The smallest absolute Gasteiger partial charge is 0.0629 e. The maximum Gasteiger partial charge on any atom is 0.0629 e. The third kappa shape index (κ3) is 3.17. The van der Waals surface area contributed by atoms with E-state index >= 15 is 0 Å². The summed E-state index contributed by atoms with van der Waals surface area (Å²) >= 11 is 0. The van der Waals surface area contributed by atoms with Crippen LogP contribution in [0.5, 0.6) is 0 Å². The molecule has 0 aliphatic heterocycles. The molecule has 88 valence electrons. The van der Waals surface area contributed by atoms with Gasteiger partial charge < -0.3 is 5.11 Å². The number of hydrogen-bond donors (Lipinski definition) is 1. The molecule has 2 fully saturated rings. The van der Waals surface area contributed by atoms with Crippen LogP contribution in [0.3, 0.4) is 0 Å². The second kappa shape index (κ2) is 6.21. The summed E-state index contributed by atoms with van der Waals surface area (Å²) in [6.45, 7) is 0. The highest BCUT2D eigenvalue weighted by atomic mass is 31.1. The highest BCUT2D eigenvalue weighted by molar-refractivity contribution is 7.58. The standard InChI is InChI=1S/C13H25OP/c14-11-15(12-7-3-1-4-8-12)13-9-5-2-6-10-13/h12-14H,1-11H2. The van der Waals surface area contributed by atoms with E-state index in [-0.39, 0.29) is 7.92 Å². The van der Waals surface area contributed by atoms with Crippen molar-refractivity contribution in [2.45, 2.75) is 75.5 Å². The molecule has 1 nitrogen and oxygen atoms in total. The van der Waals surface area contributed by atoms with Crippen LogP contribution in [0.25, 0.3) is 0 Å². The van der Waals surface area contributed by atoms with Crippen molar-refractivity contribution in [3.63, 3.8) is 0 Å². The first-order valence-corrected chi connectivity index (χ1v) is 8.45. The average molecular weight is 228 g/mol. The maximum absolute atomic E-state index is 9.66. The number of hydrogen-bond acceptors (Lipinski definition) is 1. The van der Waals surface area contributed by atoms with Crippen LogP contribution < -0.4 is 0 Å². The van der Waals surface area contributed by atoms with Gasteiger partial charge in [0, 0.05) is 0 Å². The van der Waals surface area contributed by atoms with Gasteiger partial charge >= 0.3 is 0 Å². The molecule has 0 bridgehead atoms. The summed E-state index contributed by atoms with van der Waals surface area (Å²) in [7, 11) is -0.0392. The first kappa shape index (κ1) is 11.9. The number of aliphatic hydroxyl groups is 1. The third-order valence-electron chi connectivity index (χ3n) is 4.25. The van der Waals surface area contributed by atoms with Gasteiger partial charge in [-0.25, -0.2) is 0 Å². The fraction of sp³-hybridized carbons (Fsp3) is 1.00. The molecule has 2 aliphatic carbocycles. The molecule has 1 N–H and O–H groups in total. The Morgan fingerprint density at radius 1 is 0.733 bits per heavy atom. The first-order chi connectivity index (χ1) is 7.42. The van der Waals surface area contributed by atoms with Gasteiger partial charge in [-0.15, -0.1) is 0 Å². The molecule has 2 aliphatic rings. The van der Waals surface area contributed by atoms with Crippen molar-refractivity contribution in [3.05, 3.63) is 0 Å². The van der Waals surface area contributed by atoms with E-state index in [1.807, 2.05) is 0 Å². The summed E-state index contributed by atoms with van der Waals surface area (Å²) in [6.07, 6.45) is 14.8. The molecule has 0 aromatic carbocycles. The van der Waals surface area contributed by atoms with E-state index in [9.17, 15) is 5.11 Å². The van der Waals surface area contributed by atoms with Crippen LogP contribution in [0, 0.1) is 0 Å². The average Bonchev–Trinajstić information content (AvgIpc) is 2.33. The lowest BCUT2D eigenvalue weighted by Crippen LogP contribution is -2.21. The van der Waals surface area contributed by atoms with Crippen LogP contribution in [0.15, 0.2) is 0 Å². The van der Waals surface area contributed by atoms with Crippen LogP contribution >= 0.6 is 7.92 Å². The van der Waals surface area contributed by atoms with E-state index in [1.165, 1.54) is 64.2 Å². The summed E-state index contributed by atoms with van der Waals surface area (Å²) < 4.78 is 0. The van der Waals surface area contributed by atoms with Crippen molar-refractivity contribution in [2.24, 2.45) is 0 Å². The lowest BCUT2D eigenvalue weighted by atomic mass is 9.99. The lowest BCUT2D eigenvalue weighted by Gasteiger charge is -2.37. The zero-order valence-corrected chi connectivity index (χ0v) is 10.7. The van der Waals surface area contributed by atoms with Crippen molar-refractivity contribution in [2.75, 3.05) is 6.35 Å². The second-order valence-corrected chi connectivity index (χ2v) is 8.01. The maximum atomic E-state index is 9.66. The molecule has 0 atom stereocenters. The Morgan fingerprint density at radius 2 is 1.13 bits per heavy atom. The Labute approximate surface area is 95.4 Å². The monoisotopic (exact) mass is 228 g/mol. The van der Waals surface area contributed by atoms with Crippen molar-refractivity contribution in [3.8, 4) is 0 Å². The van der Waals surface area contributed by atoms with E-state index < -0.39 is 0 Å². The molecular formula is C13H25OP. The summed E-state index contributed by atoms with van der Waals surface area (Å²) in [4.78, 5) is 0. The van der Waals surface area contributed by atoms with Gasteiger partial charge in [0.05, 0.1) is 6.35 Å². The lowest BCUT2D eigenvalue weighted by molar-refractivity contribution is 0.360. The van der Waals surface area contributed by atoms with Gasteiger partial charge in [0.2, 0.25) is 0 Å². The SMILES string of the molecule is OCP(C1CCCCC1)C1CCCCC1. The fourth-order valence-corrected chi connectivity index (χ4v) is 6.47. The molecular weight excluding hydrogens is 203 g/mol. The molecule has 0 saturated heterocycles. The van der Waals surface area contributed by atoms with Crippen molar-refractivity contribution < 1.29 is 5.11 Å². The Balaban J connectivity index is 1.88. The summed E-state index contributed by atoms with van der Waals surface area (Å²) in [5.41, 5.74) is 1.84. The Bertz CT molecular complexity index is 153. The zero-order valence-electron chi connectivity index (χ0n) is 9.83. The van der Waals surface area contributed by atoms with E-state index in [1.54, 1.807) is 0 Å². The molecule has 2 rings (SSSR count). The van der Waals surface area contributed by atoms with Gasteiger partial charge in [0.25, 0.3) is 0 Å². The molecule has 15 heavy (non-hydrogen) atoms. The minimum absolute atomic E-state index is 0.0392. The van der Waals surface area contributed by atoms with E-state index in [4.69, 9.17) is 0 Å². The number of aliphatic hydroxyl groups excluding tert-OH is 1. The largest absolute Gasteiger partial charge is 0.392 e. The van der Waals surface area contributed by atoms with Gasteiger partial charge in [-0.1, -0.05) is 46.4 Å². The van der Waals surface area contributed by atoms with E-state index in [2.05, 4.69) is 0 Å². The normalized spacial score (nSPS) is 26.0. The van der Waals surface area contributed by atoms with E-state index in [0.717, 1.165) is 11.3 Å². The quantitative estimate of drug-likeness (QED) is 0.721. The Kier molecular flexibility index (Phi) is 4.91. The molecule has 0 aromatic heterocycles. The molecule has 0 aromatic rings. The first-order valence-electron chi connectivity index (χ1n) is 6.78. The Hall–Kier alpha value is 0.390. The summed E-state index contributed by atoms with van der Waals surface area (Å²) in [5.74, 6) is 0. The fourth-order valence-electron chi connectivity index (χ4n) is 3.35. The van der Waals surface area contributed by atoms with Crippen molar-refractivity contribution >= 4 is 7.92 Å². The molecule has 2 saturated carbocycles. The topological polar surface area (TPSA) is 20.2 Å². The summed E-state index contributed by atoms with van der Waals surface area (Å²) in [5, 5.41) is 9.66. The highest BCUT2D eigenvalue weighted by Gasteiger charge is 2.30. The van der Waals surface area contributed by atoms with Gasteiger partial charge in [-0.3, -0.25) is 0 Å². The van der Waals surface area contributed by atoms with Gasteiger partial charge in [0.1, 0.15) is 0 Å². The predicted molar refractivity (Wildman–Crippen MR) is 67.8 cm³/mol. The van der Waals surface area contributed by atoms with Crippen LogP contribution in [-0.2, 0) is 0 Å². The van der Waals surface area contributed by atoms with Crippen LogP contribution in [0.2, 0.25) is 0 Å². The molecule has 0 unspecified atom stereocenters. The highest BCUT2D eigenvalue weighted by Crippen LogP contribution is 2.54.